The number of carboxylic acids is 1. The summed E-state index contributed by atoms with van der Waals surface area (Å²) in [4.78, 5) is 21.1. The van der Waals surface area contributed by atoms with Crippen LogP contribution in [0.25, 0.3) is 0 Å². The highest BCUT2D eigenvalue weighted by atomic mass is 32.2. The molecule has 3 nitrogen and oxygen atoms in total. The molecule has 0 aliphatic rings. The van der Waals surface area contributed by atoms with Gasteiger partial charge in [0.1, 0.15) is 0 Å². The first-order valence-corrected chi connectivity index (χ1v) is 5.02. The molecule has 0 fully saturated rings. The lowest BCUT2D eigenvalue weighted by Crippen LogP contribution is -2.21. The maximum atomic E-state index is 10.7. The largest absolute Gasteiger partial charge is 0.545 e. The van der Waals surface area contributed by atoms with Crippen molar-refractivity contribution in [2.24, 2.45) is 0 Å². The Labute approximate surface area is 86.1 Å². The summed E-state index contributed by atoms with van der Waals surface area (Å²) in [6.07, 6.45) is 0. The van der Waals surface area contributed by atoms with Gasteiger partial charge in [0, 0.05) is 12.7 Å². The normalized spacial score (nSPS) is 9.79. The summed E-state index contributed by atoms with van der Waals surface area (Å²) in [7, 11) is 0. The van der Waals surface area contributed by atoms with Crippen molar-refractivity contribution in [3.8, 4) is 0 Å². The van der Waals surface area contributed by atoms with Crippen molar-refractivity contribution in [1.82, 2.24) is 0 Å². The summed E-state index contributed by atoms with van der Waals surface area (Å²) < 4.78 is 0. The van der Waals surface area contributed by atoms with E-state index in [0.29, 0.717) is 5.75 Å². The van der Waals surface area contributed by atoms with Crippen LogP contribution in [0.4, 0.5) is 0 Å². The maximum Gasteiger partial charge on any atom is 0.186 e. The molecule has 0 spiro atoms. The highest BCUT2D eigenvalue weighted by molar-refractivity contribution is 8.12. The molecule has 0 amide bonds. The zero-order chi connectivity index (χ0) is 10.6. The van der Waals surface area contributed by atoms with Crippen LogP contribution in [0.15, 0.2) is 24.3 Å². The topological polar surface area (TPSA) is 57.2 Å². The molecule has 0 atom stereocenters. The number of rotatable bonds is 3. The van der Waals surface area contributed by atoms with Crippen LogP contribution in [0, 0.1) is 0 Å². The minimum atomic E-state index is -1.18. The summed E-state index contributed by atoms with van der Waals surface area (Å²) >= 11 is 1.20. The molecule has 4 heteroatoms. The van der Waals surface area contributed by atoms with Crippen LogP contribution in [-0.2, 0) is 10.5 Å². The lowest BCUT2D eigenvalue weighted by molar-refractivity contribution is -0.255. The van der Waals surface area contributed by atoms with Crippen LogP contribution in [0.1, 0.15) is 22.8 Å². The molecule has 1 aromatic carbocycles. The van der Waals surface area contributed by atoms with Crippen LogP contribution < -0.4 is 5.11 Å². The van der Waals surface area contributed by atoms with E-state index in [1.807, 2.05) is 0 Å². The fourth-order valence-corrected chi connectivity index (χ4v) is 1.48. The van der Waals surface area contributed by atoms with E-state index in [-0.39, 0.29) is 10.7 Å². The number of hydrogen-bond acceptors (Lipinski definition) is 4. The summed E-state index contributed by atoms with van der Waals surface area (Å²) in [6.45, 7) is 1.50. The second-order valence-electron chi connectivity index (χ2n) is 2.76. The van der Waals surface area contributed by atoms with Gasteiger partial charge in [0.15, 0.2) is 5.12 Å². The number of carbonyl (C=O) groups excluding carboxylic acids is 2. The maximum absolute atomic E-state index is 10.7. The van der Waals surface area contributed by atoms with Gasteiger partial charge in [-0.05, 0) is 11.1 Å². The molecular weight excluding hydrogens is 200 g/mol. The molecule has 1 aromatic rings. The first-order valence-electron chi connectivity index (χ1n) is 4.03. The Morgan fingerprint density at radius 3 is 2.29 bits per heavy atom. The van der Waals surface area contributed by atoms with Crippen molar-refractivity contribution in [3.63, 3.8) is 0 Å². The molecule has 0 aliphatic carbocycles. The van der Waals surface area contributed by atoms with Crippen molar-refractivity contribution < 1.29 is 14.7 Å². The minimum Gasteiger partial charge on any atom is -0.545 e. The van der Waals surface area contributed by atoms with E-state index in [4.69, 9.17) is 0 Å². The molecule has 14 heavy (non-hydrogen) atoms. The number of benzene rings is 1. The molecule has 0 heterocycles. The average molecular weight is 209 g/mol. The Bertz CT molecular complexity index is 343. The van der Waals surface area contributed by atoms with Gasteiger partial charge in [0.2, 0.25) is 0 Å². The quantitative estimate of drug-likeness (QED) is 0.739. The summed E-state index contributed by atoms with van der Waals surface area (Å²) in [5.74, 6) is -0.612. The van der Waals surface area contributed by atoms with E-state index < -0.39 is 5.97 Å². The van der Waals surface area contributed by atoms with E-state index in [9.17, 15) is 14.7 Å². The molecule has 1 rings (SSSR count). The van der Waals surface area contributed by atoms with Gasteiger partial charge in [0.05, 0.1) is 5.97 Å². The number of hydrogen-bond donors (Lipinski definition) is 0. The van der Waals surface area contributed by atoms with Crippen molar-refractivity contribution in [2.45, 2.75) is 12.7 Å². The summed E-state index contributed by atoms with van der Waals surface area (Å²) in [5.41, 5.74) is 1.08. The zero-order valence-corrected chi connectivity index (χ0v) is 8.47. The summed E-state index contributed by atoms with van der Waals surface area (Å²) in [6, 6.07) is 6.32. The summed E-state index contributed by atoms with van der Waals surface area (Å²) in [5, 5.41) is 10.5. The molecule has 0 saturated carbocycles. The Balaban J connectivity index is 2.64. The van der Waals surface area contributed by atoms with E-state index in [2.05, 4.69) is 0 Å². The second kappa shape index (κ2) is 4.81. The molecule has 0 aliphatic heterocycles. The second-order valence-corrected chi connectivity index (χ2v) is 3.92. The van der Waals surface area contributed by atoms with Crippen molar-refractivity contribution >= 4 is 22.8 Å². The predicted molar refractivity (Wildman–Crippen MR) is 52.7 cm³/mol. The lowest BCUT2D eigenvalue weighted by Gasteiger charge is -2.03. The van der Waals surface area contributed by atoms with Crippen molar-refractivity contribution in [3.05, 3.63) is 35.4 Å². The number of carbonyl (C=O) groups is 2. The molecule has 0 aromatic heterocycles. The van der Waals surface area contributed by atoms with E-state index in [1.165, 1.54) is 30.8 Å². The minimum absolute atomic E-state index is 0.0500. The predicted octanol–water partition coefficient (Wildman–Crippen LogP) is 0.830. The lowest BCUT2D eigenvalue weighted by atomic mass is 10.1. The van der Waals surface area contributed by atoms with Crippen molar-refractivity contribution in [2.75, 3.05) is 0 Å². The van der Waals surface area contributed by atoms with Gasteiger partial charge >= 0.3 is 0 Å². The Kier molecular flexibility index (Phi) is 3.71. The van der Waals surface area contributed by atoms with E-state index in [1.54, 1.807) is 12.1 Å². The molecule has 0 radical (unpaired) electrons. The fraction of sp³-hybridized carbons (Fsp3) is 0.200. The molecule has 0 unspecified atom stereocenters. The monoisotopic (exact) mass is 209 g/mol. The molecule has 0 saturated heterocycles. The SMILES string of the molecule is CC(=O)SCc1ccc(C(=O)[O-])cc1. The zero-order valence-electron chi connectivity index (χ0n) is 7.65. The Hall–Kier alpha value is -1.29. The van der Waals surface area contributed by atoms with Crippen LogP contribution >= 0.6 is 11.8 Å². The molecule has 0 N–H and O–H groups in total. The Morgan fingerprint density at radius 2 is 1.86 bits per heavy atom. The fourth-order valence-electron chi connectivity index (χ4n) is 0.922. The van der Waals surface area contributed by atoms with Gasteiger partial charge in [-0.15, -0.1) is 0 Å². The first-order chi connectivity index (χ1) is 6.59. The van der Waals surface area contributed by atoms with Gasteiger partial charge in [-0.2, -0.15) is 0 Å². The van der Waals surface area contributed by atoms with Crippen LogP contribution in [0.5, 0.6) is 0 Å². The third-order valence-corrected chi connectivity index (χ3v) is 2.52. The molecule has 0 bridgehead atoms. The number of thioether (sulfide) groups is 1. The highest BCUT2D eigenvalue weighted by Gasteiger charge is 1.98. The van der Waals surface area contributed by atoms with E-state index >= 15 is 0 Å². The van der Waals surface area contributed by atoms with Gasteiger partial charge in [0.25, 0.3) is 0 Å². The number of carboxylic acid groups (broad SMARTS) is 1. The van der Waals surface area contributed by atoms with Gasteiger partial charge in [-0.25, -0.2) is 0 Å². The third-order valence-electron chi connectivity index (χ3n) is 1.63. The van der Waals surface area contributed by atoms with Gasteiger partial charge < -0.3 is 9.90 Å². The van der Waals surface area contributed by atoms with Crippen LogP contribution in [-0.4, -0.2) is 11.1 Å². The molecular formula is C10H9O3S-. The first kappa shape index (κ1) is 10.8. The molecule has 74 valence electrons. The van der Waals surface area contributed by atoms with Gasteiger partial charge in [-0.3, -0.25) is 4.79 Å². The van der Waals surface area contributed by atoms with Gasteiger partial charge in [-0.1, -0.05) is 36.0 Å². The standard InChI is InChI=1S/C10H10O3S/c1-7(11)14-6-8-2-4-9(5-3-8)10(12)13/h2-5H,6H2,1H3,(H,12,13)/p-1. The van der Waals surface area contributed by atoms with E-state index in [0.717, 1.165) is 5.56 Å². The third kappa shape index (κ3) is 3.22. The smallest absolute Gasteiger partial charge is 0.186 e. The highest BCUT2D eigenvalue weighted by Crippen LogP contribution is 2.13. The van der Waals surface area contributed by atoms with Crippen LogP contribution in [0.2, 0.25) is 0 Å². The average Bonchev–Trinajstić information content (AvgIpc) is 2.15. The van der Waals surface area contributed by atoms with Crippen molar-refractivity contribution in [1.29, 1.82) is 0 Å². The number of aromatic carboxylic acids is 1. The van der Waals surface area contributed by atoms with Crippen LogP contribution in [0.3, 0.4) is 0 Å². The Morgan fingerprint density at radius 1 is 1.29 bits per heavy atom.